The van der Waals surface area contributed by atoms with Crippen molar-refractivity contribution in [2.24, 2.45) is 0 Å². The van der Waals surface area contributed by atoms with Crippen molar-refractivity contribution in [1.29, 1.82) is 0 Å². The second-order valence-electron chi connectivity index (χ2n) is 20.1. The molecule has 11 aromatic rings. The second-order valence-corrected chi connectivity index (χ2v) is 20.1. The number of furan rings is 1. The zero-order chi connectivity index (χ0) is 45.5. The van der Waals surface area contributed by atoms with Gasteiger partial charge in [-0.2, -0.15) is 0 Å². The van der Waals surface area contributed by atoms with Crippen LogP contribution < -0.4 is 94.3 Å². The molecule has 7 nitrogen and oxygen atoms in total. The van der Waals surface area contributed by atoms with E-state index in [1.54, 1.807) is 0 Å². The molecule has 0 radical (unpaired) electrons. The summed E-state index contributed by atoms with van der Waals surface area (Å²) >= 11 is 0. The fraction of sp³-hybridized carbons (Fsp3) is 0. The zero-order valence-electron chi connectivity index (χ0n) is 37.6. The van der Waals surface area contributed by atoms with E-state index in [9.17, 15) is 0 Å². The first kappa shape index (κ1) is 36.1. The number of rotatable bonds is 0. The summed E-state index contributed by atoms with van der Waals surface area (Å²) in [5.41, 5.74) is 22.8. The predicted octanol–water partition coefficient (Wildman–Crippen LogP) is 6.27. The Labute approximate surface area is 407 Å². The Morgan fingerprint density at radius 1 is 0.268 bits per heavy atom. The first-order valence-electron chi connectivity index (χ1n) is 24.5. The molecule has 11 heteroatoms. The summed E-state index contributed by atoms with van der Waals surface area (Å²) < 4.78 is 34.9. The maximum Gasteiger partial charge on any atom is 0.256 e. The molecule has 322 valence electrons. The summed E-state index contributed by atoms with van der Waals surface area (Å²) in [6.45, 7) is -0.194. The number of fused-ring (bicyclic) bond motifs is 23. The zero-order valence-corrected chi connectivity index (χ0v) is 37.6. The topological polar surface area (TPSA) is 56.5 Å². The monoisotopic (exact) mass is 902 g/mol. The van der Waals surface area contributed by atoms with Crippen LogP contribution in [-0.2, 0) is 0 Å². The van der Waals surface area contributed by atoms with Crippen LogP contribution in [0.3, 0.4) is 0 Å². The van der Waals surface area contributed by atoms with Gasteiger partial charge in [0.05, 0.1) is 0 Å². The highest BCUT2D eigenvalue weighted by Crippen LogP contribution is 2.49. The van der Waals surface area contributed by atoms with E-state index in [0.717, 1.165) is 90.2 Å². The fourth-order valence-corrected chi connectivity index (χ4v) is 14.2. The van der Waals surface area contributed by atoms with Crippen molar-refractivity contribution in [2.75, 3.05) is 9.80 Å². The molecular formula is C60H30B4N2O5. The first-order valence-corrected chi connectivity index (χ1v) is 24.5. The van der Waals surface area contributed by atoms with Crippen molar-refractivity contribution in [2.45, 2.75) is 0 Å². The van der Waals surface area contributed by atoms with Gasteiger partial charge in [-0.1, -0.05) is 121 Å². The van der Waals surface area contributed by atoms with Crippen LogP contribution in [0.1, 0.15) is 0 Å². The fourth-order valence-electron chi connectivity index (χ4n) is 14.2. The van der Waals surface area contributed by atoms with Gasteiger partial charge < -0.3 is 33.2 Å². The van der Waals surface area contributed by atoms with Crippen molar-refractivity contribution in [3.63, 3.8) is 0 Å². The molecule has 9 heterocycles. The minimum absolute atomic E-state index is 0.00910. The molecule has 8 aliphatic heterocycles. The minimum Gasteiger partial charge on any atom is -0.458 e. The number of hydrogen-bond acceptors (Lipinski definition) is 7. The predicted molar refractivity (Wildman–Crippen MR) is 288 cm³/mol. The lowest BCUT2D eigenvalue weighted by Gasteiger charge is -2.47. The van der Waals surface area contributed by atoms with Crippen molar-refractivity contribution >= 4 is 148 Å². The molecule has 0 saturated carbocycles. The van der Waals surface area contributed by atoms with Crippen LogP contribution in [0.2, 0.25) is 0 Å². The number of nitrogens with zero attached hydrogens (tertiary/aromatic N) is 2. The molecule has 0 unspecified atom stereocenters. The van der Waals surface area contributed by atoms with E-state index in [1.807, 2.05) is 0 Å². The van der Waals surface area contributed by atoms with Crippen LogP contribution in [-0.4, -0.2) is 26.9 Å². The van der Waals surface area contributed by atoms with E-state index in [2.05, 4.69) is 192 Å². The molecule has 19 rings (SSSR count). The summed E-state index contributed by atoms with van der Waals surface area (Å²) in [7, 11) is 0. The summed E-state index contributed by atoms with van der Waals surface area (Å²) in [4.78, 5) is 4.94. The third-order valence-electron chi connectivity index (χ3n) is 16.9. The lowest BCUT2D eigenvalue weighted by Crippen LogP contribution is -2.67. The van der Waals surface area contributed by atoms with Gasteiger partial charge in [-0.05, 0) is 102 Å². The van der Waals surface area contributed by atoms with Crippen LogP contribution in [0.5, 0.6) is 46.0 Å². The van der Waals surface area contributed by atoms with Gasteiger partial charge in [0.2, 0.25) is 0 Å². The van der Waals surface area contributed by atoms with Gasteiger partial charge in [-0.3, -0.25) is 0 Å². The average Bonchev–Trinajstić information content (AvgIpc) is 3.76. The van der Waals surface area contributed by atoms with Crippen LogP contribution in [0.4, 0.5) is 34.1 Å². The summed E-state index contributed by atoms with van der Waals surface area (Å²) in [5.74, 6) is 6.59. The Hall–Kier alpha value is -8.94. The quantitative estimate of drug-likeness (QED) is 0.167. The standard InChI is InChI=1S/C60H30B4N2O5/c1-7-19-41-33(13-1)61-37-17-5-11-23-45(37)67-51-29-53-57-59(55(51)61)65(41)43-21-9-3-15-35(43)63(57)39-25-31-32-26-40-50(28-48(32)69-47(31)27-49(39)70-53)71-54-30-52-56-60-58(54)64(40)36-16-4-10-22-44(36)66(60)42-20-8-2-14-34(42)62(56)38-18-6-12-24-46(38)68-52/h1-30H. The molecule has 0 spiro atoms. The maximum atomic E-state index is 7.14. The van der Waals surface area contributed by atoms with Gasteiger partial charge in [0, 0.05) is 69.2 Å². The maximum absolute atomic E-state index is 7.14. The molecular weight excluding hydrogens is 872 g/mol. The number of ether oxygens (including phenoxy) is 4. The molecule has 0 fully saturated rings. The highest BCUT2D eigenvalue weighted by molar-refractivity contribution is 7.05. The van der Waals surface area contributed by atoms with E-state index >= 15 is 0 Å². The highest BCUT2D eigenvalue weighted by Gasteiger charge is 2.53. The molecule has 10 aromatic carbocycles. The summed E-state index contributed by atoms with van der Waals surface area (Å²) in [5, 5.41) is 2.09. The van der Waals surface area contributed by atoms with Gasteiger partial charge in [-0.25, -0.2) is 0 Å². The summed E-state index contributed by atoms with van der Waals surface area (Å²) in [6.07, 6.45) is 0. The largest absolute Gasteiger partial charge is 0.458 e. The van der Waals surface area contributed by atoms with Gasteiger partial charge in [0.1, 0.15) is 57.2 Å². The van der Waals surface area contributed by atoms with Gasteiger partial charge in [0.15, 0.2) is 0 Å². The Morgan fingerprint density at radius 3 is 0.958 bits per heavy atom. The van der Waals surface area contributed by atoms with Crippen LogP contribution in [0, 0.1) is 0 Å². The van der Waals surface area contributed by atoms with Gasteiger partial charge in [0.25, 0.3) is 26.9 Å². The van der Waals surface area contributed by atoms with Gasteiger partial charge >= 0.3 is 0 Å². The molecule has 8 aliphatic rings. The Morgan fingerprint density at radius 2 is 0.577 bits per heavy atom. The number of para-hydroxylation sites is 6. The Balaban J connectivity index is 0.838. The van der Waals surface area contributed by atoms with E-state index < -0.39 is 0 Å². The van der Waals surface area contributed by atoms with Crippen LogP contribution in [0.15, 0.2) is 186 Å². The van der Waals surface area contributed by atoms with Crippen molar-refractivity contribution in [1.82, 2.24) is 0 Å². The highest BCUT2D eigenvalue weighted by atomic mass is 16.5. The smallest absolute Gasteiger partial charge is 0.256 e. The third-order valence-corrected chi connectivity index (χ3v) is 16.9. The number of hydrogen-bond donors (Lipinski definition) is 0. The lowest BCUT2D eigenvalue weighted by molar-refractivity contribution is 0.465. The SMILES string of the molecule is c1ccc2c(c1)Oc1cc3c4c5c1B2c1ccccc1N5c1ccccc1B4c1cc2c(cc1O3)oc1cc3c(cc12)B1c2ccccc2N2c4ccccc4B4c5ccccc5Oc5cc(c1c2c54)O3. The minimum atomic E-state index is -0.106. The first-order chi connectivity index (χ1) is 35.2. The normalized spacial score (nSPS) is 15.0. The van der Waals surface area contributed by atoms with Crippen molar-refractivity contribution in [3.8, 4) is 46.0 Å². The summed E-state index contributed by atoms with van der Waals surface area (Å²) in [6, 6.07) is 65.7. The molecule has 0 N–H and O–H groups in total. The van der Waals surface area contributed by atoms with Crippen LogP contribution in [0.25, 0.3) is 21.9 Å². The molecule has 0 bridgehead atoms. The Kier molecular flexibility index (Phi) is 6.23. The van der Waals surface area contributed by atoms with E-state index in [4.69, 9.17) is 23.4 Å². The second kappa shape index (κ2) is 12.3. The number of benzene rings is 10. The Bertz CT molecular complexity index is 4120. The van der Waals surface area contributed by atoms with Crippen molar-refractivity contribution in [3.05, 3.63) is 182 Å². The van der Waals surface area contributed by atoms with Crippen LogP contribution >= 0.6 is 0 Å². The lowest BCUT2D eigenvalue weighted by atomic mass is 9.29. The van der Waals surface area contributed by atoms with Gasteiger partial charge in [-0.15, -0.1) is 0 Å². The number of anilines is 6. The van der Waals surface area contributed by atoms with E-state index in [1.165, 1.54) is 77.4 Å². The third kappa shape index (κ3) is 4.20. The van der Waals surface area contributed by atoms with Crippen molar-refractivity contribution < 1.29 is 23.4 Å². The molecule has 0 amide bonds. The van der Waals surface area contributed by atoms with E-state index in [-0.39, 0.29) is 26.9 Å². The molecule has 0 aliphatic carbocycles. The van der Waals surface area contributed by atoms with E-state index in [0.29, 0.717) is 0 Å². The molecule has 0 atom stereocenters. The molecule has 0 saturated heterocycles. The molecule has 71 heavy (non-hydrogen) atoms. The average molecular weight is 902 g/mol. The molecule has 1 aromatic heterocycles.